The van der Waals surface area contributed by atoms with E-state index in [1.165, 1.54) is 0 Å². The van der Waals surface area contributed by atoms with Crippen molar-refractivity contribution >= 4 is 28.6 Å². The topological polar surface area (TPSA) is 109 Å². The molecule has 0 spiro atoms. The number of ketones is 1. The molecule has 1 aromatic heterocycles. The Balaban J connectivity index is 1.92. The van der Waals surface area contributed by atoms with Crippen LogP contribution in [0.2, 0.25) is 0 Å². The van der Waals surface area contributed by atoms with Crippen LogP contribution in [0.15, 0.2) is 46.9 Å². The number of carboxylic acids is 1. The molecule has 0 aliphatic rings. The molecule has 1 amide bonds. The van der Waals surface area contributed by atoms with E-state index in [4.69, 9.17) is 9.15 Å². The van der Waals surface area contributed by atoms with Gasteiger partial charge in [-0.15, -0.1) is 0 Å². The molecule has 0 aliphatic carbocycles. The number of nitrogens with one attached hydrogen (secondary N) is 1. The summed E-state index contributed by atoms with van der Waals surface area (Å²) in [5.41, 5.74) is 2.01. The van der Waals surface area contributed by atoms with Gasteiger partial charge in [0.2, 0.25) is 0 Å². The summed E-state index contributed by atoms with van der Waals surface area (Å²) in [5.74, 6) is -0.363. The van der Waals surface area contributed by atoms with Crippen molar-refractivity contribution in [2.75, 3.05) is 13.2 Å². The van der Waals surface area contributed by atoms with Crippen molar-refractivity contribution in [1.82, 2.24) is 5.32 Å². The van der Waals surface area contributed by atoms with Gasteiger partial charge < -0.3 is 24.4 Å². The normalized spacial score (nSPS) is 11.9. The first-order chi connectivity index (χ1) is 16.9. The molecule has 0 fully saturated rings. The minimum atomic E-state index is -1.35. The zero-order valence-corrected chi connectivity index (χ0v) is 21.8. The number of amides is 1. The summed E-state index contributed by atoms with van der Waals surface area (Å²) >= 11 is 0. The summed E-state index contributed by atoms with van der Waals surface area (Å²) in [6, 6.07) is 13.0. The van der Waals surface area contributed by atoms with Gasteiger partial charge in [0, 0.05) is 16.4 Å². The molecular weight excluding hydrogens is 458 g/mol. The third-order valence-electron chi connectivity index (χ3n) is 6.78. The van der Waals surface area contributed by atoms with Crippen LogP contribution in [-0.4, -0.2) is 30.8 Å². The average Bonchev–Trinajstić information content (AvgIpc) is 3.26. The fourth-order valence-corrected chi connectivity index (χ4v) is 4.28. The van der Waals surface area contributed by atoms with E-state index in [-0.39, 0.29) is 12.4 Å². The Kier molecular flexibility index (Phi) is 7.92. The second kappa shape index (κ2) is 10.6. The number of aliphatic carboxylic acids is 1. The lowest BCUT2D eigenvalue weighted by molar-refractivity contribution is -0.303. The molecule has 0 saturated heterocycles. The SMILES string of the molecule is CCC(CC)(c1ccc(OCC(=O)C(C)(C)C)c(C)c1)c1cc2ccc(C(=O)NCC(=O)[O-])cc2o1. The zero-order chi connectivity index (χ0) is 26.7. The maximum absolute atomic E-state index is 12.3. The monoisotopic (exact) mass is 492 g/mol. The highest BCUT2D eigenvalue weighted by molar-refractivity contribution is 5.98. The summed E-state index contributed by atoms with van der Waals surface area (Å²) in [5, 5.41) is 13.8. The molecule has 2 aromatic carbocycles. The first-order valence-corrected chi connectivity index (χ1v) is 12.2. The Hall–Kier alpha value is -3.61. The minimum absolute atomic E-state index is 0.0266. The van der Waals surface area contributed by atoms with Crippen LogP contribution in [0.3, 0.4) is 0 Å². The van der Waals surface area contributed by atoms with E-state index in [2.05, 4.69) is 25.2 Å². The standard InChI is InChI=1S/C29H35NO6/c1-7-29(8-2,21-11-12-22(18(3)13-21)35-17-24(31)28(4,5)6)25-15-19-9-10-20(14-23(19)36-25)27(34)30-16-26(32)33/h9-15H,7-8,16-17H2,1-6H3,(H,30,34)(H,32,33)/p-1. The van der Waals surface area contributed by atoms with Crippen LogP contribution in [-0.2, 0) is 15.0 Å². The van der Waals surface area contributed by atoms with Crippen LogP contribution < -0.4 is 15.2 Å². The minimum Gasteiger partial charge on any atom is -0.548 e. The summed E-state index contributed by atoms with van der Waals surface area (Å²) in [7, 11) is 0. The number of ether oxygens (including phenoxy) is 1. The smallest absolute Gasteiger partial charge is 0.251 e. The number of carbonyl (C=O) groups excluding carboxylic acids is 3. The number of carboxylic acid groups (broad SMARTS) is 1. The van der Waals surface area contributed by atoms with E-state index in [1.807, 2.05) is 45.9 Å². The van der Waals surface area contributed by atoms with Crippen LogP contribution in [0, 0.1) is 12.3 Å². The van der Waals surface area contributed by atoms with Crippen molar-refractivity contribution < 1.29 is 28.6 Å². The van der Waals surface area contributed by atoms with Crippen molar-refractivity contribution in [2.24, 2.45) is 5.41 Å². The lowest BCUT2D eigenvalue weighted by atomic mass is 9.73. The molecule has 192 valence electrons. The largest absolute Gasteiger partial charge is 0.548 e. The van der Waals surface area contributed by atoms with Crippen molar-refractivity contribution in [1.29, 1.82) is 0 Å². The third-order valence-corrected chi connectivity index (χ3v) is 6.78. The van der Waals surface area contributed by atoms with Crippen molar-refractivity contribution in [3.63, 3.8) is 0 Å². The Bertz CT molecular complexity index is 1280. The molecule has 1 N–H and O–H groups in total. The Morgan fingerprint density at radius 1 is 1.00 bits per heavy atom. The summed E-state index contributed by atoms with van der Waals surface area (Å²) < 4.78 is 12.1. The lowest BCUT2D eigenvalue weighted by Gasteiger charge is -2.31. The molecule has 7 heteroatoms. The van der Waals surface area contributed by atoms with E-state index in [0.717, 1.165) is 35.1 Å². The molecular formula is C29H34NO6-. The van der Waals surface area contributed by atoms with Crippen molar-refractivity contribution in [3.05, 3.63) is 64.9 Å². The molecule has 0 saturated carbocycles. The second-order valence-corrected chi connectivity index (χ2v) is 10.1. The van der Waals surface area contributed by atoms with Gasteiger partial charge in [-0.05, 0) is 55.2 Å². The molecule has 0 atom stereocenters. The predicted molar refractivity (Wildman–Crippen MR) is 136 cm³/mol. The van der Waals surface area contributed by atoms with Gasteiger partial charge in [0.15, 0.2) is 5.78 Å². The number of hydrogen-bond acceptors (Lipinski definition) is 6. The highest BCUT2D eigenvalue weighted by atomic mass is 16.5. The van der Waals surface area contributed by atoms with Gasteiger partial charge in [-0.1, -0.05) is 52.8 Å². The van der Waals surface area contributed by atoms with E-state index in [0.29, 0.717) is 16.9 Å². The van der Waals surface area contributed by atoms with Crippen LogP contribution in [0.4, 0.5) is 0 Å². The van der Waals surface area contributed by atoms with Crippen LogP contribution in [0.5, 0.6) is 5.75 Å². The highest BCUT2D eigenvalue weighted by Crippen LogP contribution is 2.42. The zero-order valence-electron chi connectivity index (χ0n) is 21.8. The molecule has 1 heterocycles. The number of Topliss-reactive ketones (excluding diaryl/α,β-unsaturated/α-hetero) is 1. The first-order valence-electron chi connectivity index (χ1n) is 12.2. The van der Waals surface area contributed by atoms with Gasteiger partial charge in [-0.2, -0.15) is 0 Å². The fraction of sp³-hybridized carbons (Fsp3) is 0.414. The molecule has 0 unspecified atom stereocenters. The number of furan rings is 1. The quantitative estimate of drug-likeness (QED) is 0.451. The van der Waals surface area contributed by atoms with Crippen LogP contribution >= 0.6 is 0 Å². The first kappa shape index (κ1) is 27.0. The molecule has 3 aromatic rings. The van der Waals surface area contributed by atoms with Gasteiger partial charge in [0.25, 0.3) is 5.91 Å². The molecule has 7 nitrogen and oxygen atoms in total. The average molecular weight is 493 g/mol. The molecule has 0 aliphatic heterocycles. The van der Waals surface area contributed by atoms with E-state index in [9.17, 15) is 19.5 Å². The number of aryl methyl sites for hydroxylation is 1. The fourth-order valence-electron chi connectivity index (χ4n) is 4.28. The van der Waals surface area contributed by atoms with Gasteiger partial charge in [-0.3, -0.25) is 9.59 Å². The Morgan fingerprint density at radius 2 is 1.69 bits per heavy atom. The number of benzene rings is 2. The van der Waals surface area contributed by atoms with E-state index in [1.54, 1.807) is 18.2 Å². The number of rotatable bonds is 10. The second-order valence-electron chi connectivity index (χ2n) is 10.1. The van der Waals surface area contributed by atoms with Crippen LogP contribution in [0.25, 0.3) is 11.0 Å². The predicted octanol–water partition coefficient (Wildman–Crippen LogP) is 4.32. The third kappa shape index (κ3) is 5.61. The summed E-state index contributed by atoms with van der Waals surface area (Å²) in [6.45, 7) is 11.3. The molecule has 36 heavy (non-hydrogen) atoms. The molecule has 3 rings (SSSR count). The van der Waals surface area contributed by atoms with Gasteiger partial charge in [0.1, 0.15) is 23.7 Å². The number of hydrogen-bond donors (Lipinski definition) is 1. The van der Waals surface area contributed by atoms with Gasteiger partial charge in [0.05, 0.1) is 17.9 Å². The van der Waals surface area contributed by atoms with Crippen molar-refractivity contribution in [2.45, 2.75) is 59.8 Å². The van der Waals surface area contributed by atoms with E-state index >= 15 is 0 Å². The van der Waals surface area contributed by atoms with Gasteiger partial charge >= 0.3 is 0 Å². The number of carbonyl (C=O) groups is 3. The van der Waals surface area contributed by atoms with Gasteiger partial charge in [-0.25, -0.2) is 0 Å². The molecule has 0 radical (unpaired) electrons. The highest BCUT2D eigenvalue weighted by Gasteiger charge is 2.35. The van der Waals surface area contributed by atoms with Crippen molar-refractivity contribution in [3.8, 4) is 5.75 Å². The lowest BCUT2D eigenvalue weighted by Crippen LogP contribution is -2.37. The maximum Gasteiger partial charge on any atom is 0.251 e. The Labute approximate surface area is 211 Å². The van der Waals surface area contributed by atoms with E-state index < -0.39 is 29.3 Å². The summed E-state index contributed by atoms with van der Waals surface area (Å²) in [4.78, 5) is 35.2. The Morgan fingerprint density at radius 3 is 2.28 bits per heavy atom. The maximum atomic E-state index is 12.3. The number of fused-ring (bicyclic) bond motifs is 1. The van der Waals surface area contributed by atoms with Crippen LogP contribution in [0.1, 0.15) is 74.7 Å². The molecule has 0 bridgehead atoms. The summed E-state index contributed by atoms with van der Waals surface area (Å²) in [6.07, 6.45) is 1.56.